The molecule has 0 bridgehead atoms. The van der Waals surface area contributed by atoms with Crippen molar-refractivity contribution < 1.29 is 5.11 Å². The largest absolute Gasteiger partial charge is 0.505 e. The van der Waals surface area contributed by atoms with Crippen LogP contribution in [0.4, 0.5) is 5.69 Å². The maximum absolute atomic E-state index is 10.2. The van der Waals surface area contributed by atoms with Gasteiger partial charge in [0.1, 0.15) is 5.75 Å². The van der Waals surface area contributed by atoms with Crippen LogP contribution in [0.3, 0.4) is 0 Å². The van der Waals surface area contributed by atoms with E-state index < -0.39 is 0 Å². The number of hydrogen-bond acceptors (Lipinski definition) is 4. The normalized spacial score (nSPS) is 16.9. The van der Waals surface area contributed by atoms with Gasteiger partial charge in [0, 0.05) is 37.8 Å². The smallest absolute Gasteiger partial charge is 0.143 e. The van der Waals surface area contributed by atoms with Gasteiger partial charge in [0.15, 0.2) is 0 Å². The van der Waals surface area contributed by atoms with Crippen LogP contribution >= 0.6 is 24.8 Å². The highest BCUT2D eigenvalue weighted by Gasteiger charge is 2.25. The zero-order valence-corrected chi connectivity index (χ0v) is 13.7. The summed E-state index contributed by atoms with van der Waals surface area (Å²) >= 11 is 0. The summed E-state index contributed by atoms with van der Waals surface area (Å²) in [6, 6.07) is 4.03. The van der Waals surface area contributed by atoms with Gasteiger partial charge >= 0.3 is 0 Å². The van der Waals surface area contributed by atoms with Gasteiger partial charge in [0.2, 0.25) is 0 Å². The Bertz CT molecular complexity index is 423. The van der Waals surface area contributed by atoms with Gasteiger partial charge in [-0.15, -0.1) is 24.8 Å². The fraction of sp³-hybridized carbons (Fsp3) is 0.571. The number of nitrogen functional groups attached to an aromatic ring is 1. The fourth-order valence-corrected chi connectivity index (χ4v) is 2.79. The first-order valence-electron chi connectivity index (χ1n) is 6.67. The van der Waals surface area contributed by atoms with Crippen molar-refractivity contribution in [1.29, 1.82) is 0 Å². The number of aryl methyl sites for hydroxylation is 1. The van der Waals surface area contributed by atoms with Crippen molar-refractivity contribution in [1.82, 2.24) is 10.2 Å². The van der Waals surface area contributed by atoms with Crippen LogP contribution in [0.2, 0.25) is 0 Å². The van der Waals surface area contributed by atoms with Crippen molar-refractivity contribution in [3.8, 4) is 5.75 Å². The van der Waals surface area contributed by atoms with Crippen molar-refractivity contribution in [2.45, 2.75) is 26.3 Å². The van der Waals surface area contributed by atoms with Crippen molar-refractivity contribution in [3.63, 3.8) is 0 Å². The predicted octanol–water partition coefficient (Wildman–Crippen LogP) is 2.48. The SMILES string of the molecule is CC[C@@H](c1c(C)ccc(N)c1O)N1CCNCC1.Cl.Cl. The molecule has 0 radical (unpaired) electrons. The van der Waals surface area contributed by atoms with Crippen molar-refractivity contribution in [3.05, 3.63) is 23.3 Å². The van der Waals surface area contributed by atoms with Crippen LogP contribution in [0.1, 0.15) is 30.5 Å². The molecule has 4 nitrogen and oxygen atoms in total. The lowest BCUT2D eigenvalue weighted by atomic mass is 9.95. The number of nitrogens with two attached hydrogens (primary N) is 1. The summed E-state index contributed by atoms with van der Waals surface area (Å²) in [6.45, 7) is 8.27. The van der Waals surface area contributed by atoms with Crippen LogP contribution in [0.15, 0.2) is 12.1 Å². The minimum absolute atomic E-state index is 0. The second-order valence-corrected chi connectivity index (χ2v) is 4.94. The fourth-order valence-electron chi connectivity index (χ4n) is 2.79. The van der Waals surface area contributed by atoms with Gasteiger partial charge in [-0.2, -0.15) is 0 Å². The van der Waals surface area contributed by atoms with E-state index in [-0.39, 0.29) is 36.6 Å². The first kappa shape index (κ1) is 19.3. The van der Waals surface area contributed by atoms with E-state index in [2.05, 4.69) is 17.1 Å². The number of benzene rings is 1. The quantitative estimate of drug-likeness (QED) is 0.591. The Morgan fingerprint density at radius 2 is 1.90 bits per heavy atom. The lowest BCUT2D eigenvalue weighted by Crippen LogP contribution is -2.45. The molecule has 6 heteroatoms. The van der Waals surface area contributed by atoms with Crippen LogP contribution < -0.4 is 11.1 Å². The third-order valence-electron chi connectivity index (χ3n) is 3.78. The third kappa shape index (κ3) is 3.92. The number of rotatable bonds is 3. The Labute approximate surface area is 133 Å². The Hall–Kier alpha value is -0.680. The molecule has 1 aliphatic rings. The Kier molecular flexibility index (Phi) is 8.28. The highest BCUT2D eigenvalue weighted by molar-refractivity contribution is 5.85. The molecule has 1 fully saturated rings. The molecule has 0 amide bonds. The molecule has 1 saturated heterocycles. The van der Waals surface area contributed by atoms with Crippen LogP contribution in [0, 0.1) is 6.92 Å². The number of hydrogen-bond donors (Lipinski definition) is 3. The number of nitrogens with one attached hydrogen (secondary N) is 1. The highest BCUT2D eigenvalue weighted by Crippen LogP contribution is 2.37. The zero-order chi connectivity index (χ0) is 13.1. The number of phenols is 1. The standard InChI is InChI=1S/C14H23N3O.2ClH/c1-3-12(17-8-6-16-7-9-17)13-10(2)4-5-11(15)14(13)18;;/h4-5,12,16,18H,3,6-9,15H2,1-2H3;2*1H/t12-;;/m0../s1. The molecule has 20 heavy (non-hydrogen) atoms. The first-order valence-corrected chi connectivity index (χ1v) is 6.67. The summed E-state index contributed by atoms with van der Waals surface area (Å²) in [6.07, 6.45) is 0.984. The first-order chi connectivity index (χ1) is 8.65. The monoisotopic (exact) mass is 321 g/mol. The molecule has 4 N–H and O–H groups in total. The number of piperazine rings is 1. The number of phenolic OH excluding ortho intramolecular Hbond substituents is 1. The van der Waals surface area contributed by atoms with E-state index in [0.29, 0.717) is 5.69 Å². The van der Waals surface area contributed by atoms with Gasteiger partial charge < -0.3 is 16.2 Å². The second kappa shape index (κ2) is 8.57. The minimum atomic E-state index is 0. The molecular weight excluding hydrogens is 297 g/mol. The molecule has 0 aliphatic carbocycles. The molecular formula is C14H25Cl2N3O. The zero-order valence-electron chi connectivity index (χ0n) is 12.1. The van der Waals surface area contributed by atoms with Crippen molar-refractivity contribution in [2.75, 3.05) is 31.9 Å². The minimum Gasteiger partial charge on any atom is -0.505 e. The molecule has 2 rings (SSSR count). The van der Waals surface area contributed by atoms with E-state index in [1.807, 2.05) is 13.0 Å². The van der Waals surface area contributed by atoms with E-state index in [1.54, 1.807) is 6.07 Å². The van der Waals surface area contributed by atoms with E-state index in [9.17, 15) is 5.11 Å². The maximum atomic E-state index is 10.2. The molecule has 1 heterocycles. The molecule has 1 aliphatic heterocycles. The third-order valence-corrected chi connectivity index (χ3v) is 3.78. The number of anilines is 1. The van der Waals surface area contributed by atoms with Crippen molar-refractivity contribution in [2.24, 2.45) is 0 Å². The molecule has 1 atom stereocenters. The summed E-state index contributed by atoms with van der Waals surface area (Å²) in [4.78, 5) is 2.43. The summed E-state index contributed by atoms with van der Waals surface area (Å²) in [7, 11) is 0. The molecule has 0 spiro atoms. The Balaban J connectivity index is 0.00000180. The van der Waals surface area contributed by atoms with Gasteiger partial charge in [-0.05, 0) is 25.0 Å². The summed E-state index contributed by atoms with van der Waals surface area (Å²) in [5.74, 6) is 0.264. The lowest BCUT2D eigenvalue weighted by molar-refractivity contribution is 0.166. The predicted molar refractivity (Wildman–Crippen MR) is 89.2 cm³/mol. The average molecular weight is 322 g/mol. The molecule has 1 aromatic rings. The van der Waals surface area contributed by atoms with Gasteiger partial charge in [-0.25, -0.2) is 0 Å². The van der Waals surface area contributed by atoms with E-state index >= 15 is 0 Å². The topological polar surface area (TPSA) is 61.5 Å². The van der Waals surface area contributed by atoms with E-state index in [0.717, 1.165) is 43.7 Å². The summed E-state index contributed by atoms with van der Waals surface area (Å²) in [5, 5.41) is 13.6. The molecule has 0 aromatic heterocycles. The Morgan fingerprint density at radius 3 is 2.45 bits per heavy atom. The number of nitrogens with zero attached hydrogens (tertiary/aromatic N) is 1. The number of halogens is 2. The summed E-state index contributed by atoms with van der Waals surface area (Å²) < 4.78 is 0. The summed E-state index contributed by atoms with van der Waals surface area (Å²) in [5.41, 5.74) is 8.42. The van der Waals surface area contributed by atoms with E-state index in [4.69, 9.17) is 5.73 Å². The van der Waals surface area contributed by atoms with Gasteiger partial charge in [0.05, 0.1) is 5.69 Å². The van der Waals surface area contributed by atoms with Crippen LogP contribution in [0.25, 0.3) is 0 Å². The van der Waals surface area contributed by atoms with Gasteiger partial charge in [-0.1, -0.05) is 13.0 Å². The lowest BCUT2D eigenvalue weighted by Gasteiger charge is -2.35. The van der Waals surface area contributed by atoms with Crippen LogP contribution in [-0.2, 0) is 0 Å². The van der Waals surface area contributed by atoms with Gasteiger partial charge in [0.25, 0.3) is 0 Å². The molecule has 0 saturated carbocycles. The molecule has 0 unspecified atom stereocenters. The van der Waals surface area contributed by atoms with Crippen molar-refractivity contribution >= 4 is 30.5 Å². The molecule has 1 aromatic carbocycles. The second-order valence-electron chi connectivity index (χ2n) is 4.94. The van der Waals surface area contributed by atoms with Crippen LogP contribution in [-0.4, -0.2) is 36.2 Å². The van der Waals surface area contributed by atoms with Crippen LogP contribution in [0.5, 0.6) is 5.75 Å². The number of aromatic hydroxyl groups is 1. The Morgan fingerprint density at radius 1 is 1.30 bits per heavy atom. The van der Waals surface area contributed by atoms with E-state index in [1.165, 1.54) is 0 Å². The maximum Gasteiger partial charge on any atom is 0.143 e. The van der Waals surface area contributed by atoms with Gasteiger partial charge in [-0.3, -0.25) is 4.90 Å². The highest BCUT2D eigenvalue weighted by atomic mass is 35.5. The molecule has 116 valence electrons. The average Bonchev–Trinajstić information content (AvgIpc) is 2.40.